The van der Waals surface area contributed by atoms with Crippen LogP contribution in [-0.2, 0) is 4.79 Å². The second kappa shape index (κ2) is 6.61. The van der Waals surface area contributed by atoms with Crippen LogP contribution in [0.25, 0.3) is 11.3 Å². The van der Waals surface area contributed by atoms with Crippen LogP contribution in [0.3, 0.4) is 0 Å². The fourth-order valence-corrected chi connectivity index (χ4v) is 2.90. The zero-order chi connectivity index (χ0) is 17.3. The maximum absolute atomic E-state index is 12.7. The molecular weight excluding hydrogens is 326 g/mol. The van der Waals surface area contributed by atoms with Crippen molar-refractivity contribution < 1.29 is 9.59 Å². The van der Waals surface area contributed by atoms with Crippen molar-refractivity contribution in [1.82, 2.24) is 14.8 Å². The Bertz CT molecular complexity index is 759. The molecule has 1 unspecified atom stereocenters. The monoisotopic (exact) mass is 343 g/mol. The number of piperazine rings is 1. The van der Waals surface area contributed by atoms with E-state index >= 15 is 0 Å². The molecule has 1 aliphatic heterocycles. The van der Waals surface area contributed by atoms with Gasteiger partial charge in [0.1, 0.15) is 6.04 Å². The Balaban J connectivity index is 1.79. The molecule has 0 radical (unpaired) electrons. The molecule has 2 heterocycles. The Morgan fingerprint density at radius 3 is 2.50 bits per heavy atom. The fourth-order valence-electron chi connectivity index (χ4n) is 2.79. The Morgan fingerprint density at radius 1 is 1.17 bits per heavy atom. The van der Waals surface area contributed by atoms with Crippen LogP contribution in [0.5, 0.6) is 0 Å². The van der Waals surface area contributed by atoms with Crippen molar-refractivity contribution in [3.05, 3.63) is 53.2 Å². The van der Waals surface area contributed by atoms with Gasteiger partial charge in [0.25, 0.3) is 5.91 Å². The van der Waals surface area contributed by atoms with E-state index in [9.17, 15) is 9.59 Å². The molecule has 0 aliphatic carbocycles. The van der Waals surface area contributed by atoms with Gasteiger partial charge < -0.3 is 9.80 Å². The molecule has 1 atom stereocenters. The number of benzene rings is 1. The number of halogens is 1. The summed E-state index contributed by atoms with van der Waals surface area (Å²) in [6, 6.07) is 10.4. The molecule has 0 N–H and O–H groups in total. The minimum atomic E-state index is -0.436. The van der Waals surface area contributed by atoms with Crippen molar-refractivity contribution in [2.24, 2.45) is 0 Å². The average molecular weight is 344 g/mol. The summed E-state index contributed by atoms with van der Waals surface area (Å²) >= 11 is 5.84. The first-order valence-electron chi connectivity index (χ1n) is 7.75. The van der Waals surface area contributed by atoms with Crippen molar-refractivity contribution >= 4 is 23.4 Å². The molecule has 1 aliphatic rings. The lowest BCUT2D eigenvalue weighted by Gasteiger charge is -2.37. The second-order valence-corrected chi connectivity index (χ2v) is 6.31. The third kappa shape index (κ3) is 3.12. The Hall–Kier alpha value is -2.40. The summed E-state index contributed by atoms with van der Waals surface area (Å²) in [7, 11) is 1.76. The molecule has 1 aromatic carbocycles. The lowest BCUT2D eigenvalue weighted by molar-refractivity contribution is -0.137. The van der Waals surface area contributed by atoms with E-state index in [0.717, 1.165) is 11.3 Å². The van der Waals surface area contributed by atoms with Crippen molar-refractivity contribution in [3.63, 3.8) is 0 Å². The summed E-state index contributed by atoms with van der Waals surface area (Å²) in [6.07, 6.45) is 1.59. The number of carbonyl (C=O) groups excluding carboxylic acids is 2. The normalized spacial score (nSPS) is 18.0. The highest BCUT2D eigenvalue weighted by Gasteiger charge is 2.32. The van der Waals surface area contributed by atoms with Crippen LogP contribution in [0.4, 0.5) is 0 Å². The van der Waals surface area contributed by atoms with Crippen LogP contribution in [-0.4, -0.2) is 52.8 Å². The lowest BCUT2D eigenvalue weighted by atomic mass is 10.1. The molecule has 1 aromatic heterocycles. The van der Waals surface area contributed by atoms with Gasteiger partial charge in [0, 0.05) is 37.5 Å². The van der Waals surface area contributed by atoms with E-state index in [2.05, 4.69) is 4.98 Å². The number of aromatic nitrogens is 1. The smallest absolute Gasteiger partial charge is 0.254 e. The summed E-state index contributed by atoms with van der Waals surface area (Å²) in [5.74, 6) is -0.156. The molecule has 1 saturated heterocycles. The highest BCUT2D eigenvalue weighted by atomic mass is 35.5. The van der Waals surface area contributed by atoms with Crippen LogP contribution in [0.1, 0.15) is 17.3 Å². The molecule has 0 bridgehead atoms. The van der Waals surface area contributed by atoms with Gasteiger partial charge in [-0.15, -0.1) is 0 Å². The van der Waals surface area contributed by atoms with Gasteiger partial charge in [-0.25, -0.2) is 0 Å². The highest BCUT2D eigenvalue weighted by Crippen LogP contribution is 2.21. The maximum Gasteiger partial charge on any atom is 0.254 e. The molecule has 124 valence electrons. The number of hydrogen-bond donors (Lipinski definition) is 0. The van der Waals surface area contributed by atoms with Crippen LogP contribution >= 0.6 is 11.6 Å². The summed E-state index contributed by atoms with van der Waals surface area (Å²) in [5, 5.41) is 0.583. The molecule has 0 spiro atoms. The van der Waals surface area contributed by atoms with Gasteiger partial charge in [-0.2, -0.15) is 0 Å². The minimum absolute atomic E-state index is 0.0309. The van der Waals surface area contributed by atoms with Crippen molar-refractivity contribution in [1.29, 1.82) is 0 Å². The average Bonchev–Trinajstić information content (AvgIpc) is 2.60. The number of nitrogens with zero attached hydrogens (tertiary/aromatic N) is 3. The molecule has 1 fully saturated rings. The number of amides is 2. The molecule has 5 nitrogen and oxygen atoms in total. The number of rotatable bonds is 2. The predicted molar refractivity (Wildman–Crippen MR) is 92.8 cm³/mol. The van der Waals surface area contributed by atoms with E-state index in [1.807, 2.05) is 18.2 Å². The molecule has 3 rings (SSSR count). The van der Waals surface area contributed by atoms with Gasteiger partial charge in [-0.3, -0.25) is 14.6 Å². The SMILES string of the molecule is CC1C(=O)N(C)CCN1C(=O)c1ccc(-c2ccc(Cl)cn2)cc1. The van der Waals surface area contributed by atoms with E-state index in [4.69, 9.17) is 11.6 Å². The molecule has 2 aromatic rings. The first-order chi connectivity index (χ1) is 11.5. The number of carbonyl (C=O) groups is 2. The van der Waals surface area contributed by atoms with Gasteiger partial charge in [0.05, 0.1) is 10.7 Å². The van der Waals surface area contributed by atoms with E-state index in [1.54, 1.807) is 48.2 Å². The fraction of sp³-hybridized carbons (Fsp3) is 0.278. The second-order valence-electron chi connectivity index (χ2n) is 5.87. The maximum atomic E-state index is 12.7. The Morgan fingerprint density at radius 2 is 1.88 bits per heavy atom. The standard InChI is InChI=1S/C18H18ClN3O2/c1-12-17(23)21(2)9-10-22(12)18(24)14-5-3-13(4-6-14)16-8-7-15(19)11-20-16/h3-8,11-12H,9-10H2,1-2H3. The van der Waals surface area contributed by atoms with Gasteiger partial charge in [-0.1, -0.05) is 23.7 Å². The minimum Gasteiger partial charge on any atom is -0.342 e. The first-order valence-corrected chi connectivity index (χ1v) is 8.13. The zero-order valence-electron chi connectivity index (χ0n) is 13.6. The van der Waals surface area contributed by atoms with Crippen molar-refractivity contribution in [3.8, 4) is 11.3 Å². The van der Waals surface area contributed by atoms with Crippen molar-refractivity contribution in [2.45, 2.75) is 13.0 Å². The summed E-state index contributed by atoms with van der Waals surface area (Å²) in [4.78, 5) is 32.3. The quantitative estimate of drug-likeness (QED) is 0.842. The third-order valence-electron chi connectivity index (χ3n) is 4.29. The van der Waals surface area contributed by atoms with Crippen LogP contribution in [0.15, 0.2) is 42.6 Å². The van der Waals surface area contributed by atoms with Gasteiger partial charge in [0.15, 0.2) is 0 Å². The zero-order valence-corrected chi connectivity index (χ0v) is 14.3. The molecular formula is C18H18ClN3O2. The predicted octanol–water partition coefficient (Wildman–Crippen LogP) is 2.70. The van der Waals surface area contributed by atoms with E-state index in [0.29, 0.717) is 23.7 Å². The molecule has 0 saturated carbocycles. The van der Waals surface area contributed by atoms with Gasteiger partial charge >= 0.3 is 0 Å². The Labute approximate surface area is 145 Å². The molecule has 6 heteroatoms. The van der Waals surface area contributed by atoms with E-state index in [1.165, 1.54) is 0 Å². The van der Waals surface area contributed by atoms with Crippen molar-refractivity contribution in [2.75, 3.05) is 20.1 Å². The number of hydrogen-bond acceptors (Lipinski definition) is 3. The molecule has 24 heavy (non-hydrogen) atoms. The lowest BCUT2D eigenvalue weighted by Crippen LogP contribution is -2.56. The topological polar surface area (TPSA) is 53.5 Å². The van der Waals surface area contributed by atoms with Crippen LogP contribution in [0.2, 0.25) is 5.02 Å². The highest BCUT2D eigenvalue weighted by molar-refractivity contribution is 6.30. The summed E-state index contributed by atoms with van der Waals surface area (Å²) < 4.78 is 0. The van der Waals surface area contributed by atoms with E-state index < -0.39 is 6.04 Å². The largest absolute Gasteiger partial charge is 0.342 e. The van der Waals surface area contributed by atoms with E-state index in [-0.39, 0.29) is 11.8 Å². The van der Waals surface area contributed by atoms with Crippen LogP contribution < -0.4 is 0 Å². The van der Waals surface area contributed by atoms with Gasteiger partial charge in [-0.05, 0) is 31.2 Å². The number of pyridine rings is 1. The number of likely N-dealkylation sites (N-methyl/N-ethyl adjacent to an activating group) is 1. The molecule has 2 amide bonds. The van der Waals surface area contributed by atoms with Crippen LogP contribution in [0, 0.1) is 0 Å². The summed E-state index contributed by atoms with van der Waals surface area (Å²) in [5.41, 5.74) is 2.27. The summed E-state index contributed by atoms with van der Waals surface area (Å²) in [6.45, 7) is 2.87. The van der Waals surface area contributed by atoms with Gasteiger partial charge in [0.2, 0.25) is 5.91 Å². The first kappa shape index (κ1) is 16.5. The Kier molecular flexibility index (Phi) is 4.53. The third-order valence-corrected chi connectivity index (χ3v) is 4.52.